The first-order chi connectivity index (χ1) is 5.19. The molecule has 12 heavy (non-hydrogen) atoms. The zero-order valence-electron chi connectivity index (χ0n) is 8.12. The highest BCUT2D eigenvalue weighted by molar-refractivity contribution is 8.70. The summed E-state index contributed by atoms with van der Waals surface area (Å²) in [6.45, 7) is 7.57. The second kappa shape index (κ2) is 3.98. The van der Waals surface area contributed by atoms with E-state index in [4.69, 9.17) is 4.18 Å². The zero-order chi connectivity index (χ0) is 9.99. The molecule has 0 aliphatic carbocycles. The molecule has 0 fully saturated rings. The van der Waals surface area contributed by atoms with Crippen LogP contribution in [-0.4, -0.2) is 20.8 Å². The molecule has 0 bridgehead atoms. The van der Waals surface area contributed by atoms with Gasteiger partial charge in [-0.15, -0.1) is 0 Å². The molecule has 0 unspecified atom stereocenters. The first-order valence-corrected chi connectivity index (χ1v) is 6.83. The number of hydrogen-bond acceptors (Lipinski definition) is 4. The molecule has 0 saturated heterocycles. The highest BCUT2D eigenvalue weighted by atomic mass is 33.1. The Labute approximate surface area is 78.4 Å². The van der Waals surface area contributed by atoms with Crippen LogP contribution in [0.5, 0.6) is 0 Å². The van der Waals surface area contributed by atoms with E-state index in [1.165, 1.54) is 6.26 Å². The van der Waals surface area contributed by atoms with Gasteiger partial charge in [-0.25, -0.2) is 0 Å². The molecule has 0 aromatic heterocycles. The van der Waals surface area contributed by atoms with E-state index in [0.717, 1.165) is 10.8 Å². The molecule has 0 aromatic rings. The standard InChI is InChI=1S/C7H16O3S2/c1-6(7(2,3)4)10-12(8,9)11-5/h6H,1-5H3/t6-/m1/s1. The van der Waals surface area contributed by atoms with E-state index < -0.39 is 9.15 Å². The number of rotatable bonds is 3. The fraction of sp³-hybridized carbons (Fsp3) is 1.00. The highest BCUT2D eigenvalue weighted by Gasteiger charge is 2.25. The van der Waals surface area contributed by atoms with Crippen LogP contribution in [0.15, 0.2) is 0 Å². The minimum Gasteiger partial charge on any atom is -0.258 e. The van der Waals surface area contributed by atoms with Crippen LogP contribution in [0.1, 0.15) is 27.7 Å². The van der Waals surface area contributed by atoms with Crippen molar-refractivity contribution >= 4 is 19.9 Å². The van der Waals surface area contributed by atoms with E-state index in [1.54, 1.807) is 6.92 Å². The lowest BCUT2D eigenvalue weighted by atomic mass is 9.91. The molecular weight excluding hydrogens is 196 g/mol. The van der Waals surface area contributed by atoms with Crippen LogP contribution in [0.25, 0.3) is 0 Å². The van der Waals surface area contributed by atoms with Gasteiger partial charge in [-0.1, -0.05) is 20.8 Å². The van der Waals surface area contributed by atoms with Crippen molar-refractivity contribution in [1.82, 2.24) is 0 Å². The Bertz CT molecular complexity index is 226. The molecule has 0 saturated carbocycles. The minimum absolute atomic E-state index is 0.150. The van der Waals surface area contributed by atoms with E-state index in [0.29, 0.717) is 0 Å². The summed E-state index contributed by atoms with van der Waals surface area (Å²) < 4.78 is 26.9. The number of hydrogen-bond donors (Lipinski definition) is 0. The predicted octanol–water partition coefficient (Wildman–Crippen LogP) is 2.05. The van der Waals surface area contributed by atoms with Crippen LogP contribution in [0, 0.1) is 5.41 Å². The predicted molar refractivity (Wildman–Crippen MR) is 52.4 cm³/mol. The maximum absolute atomic E-state index is 11.0. The zero-order valence-corrected chi connectivity index (χ0v) is 9.75. The largest absolute Gasteiger partial charge is 0.322 e. The van der Waals surface area contributed by atoms with E-state index >= 15 is 0 Å². The molecule has 0 rings (SSSR count). The summed E-state index contributed by atoms with van der Waals surface area (Å²) in [6, 6.07) is 0. The molecular formula is C7H16O3S2. The summed E-state index contributed by atoms with van der Waals surface area (Å²) in [6.07, 6.45) is 1.19. The van der Waals surface area contributed by atoms with E-state index in [9.17, 15) is 8.42 Å². The van der Waals surface area contributed by atoms with Crippen molar-refractivity contribution in [2.24, 2.45) is 5.41 Å². The van der Waals surface area contributed by atoms with Gasteiger partial charge < -0.3 is 0 Å². The molecule has 1 atom stereocenters. The maximum Gasteiger partial charge on any atom is 0.322 e. The Morgan fingerprint density at radius 2 is 1.75 bits per heavy atom. The van der Waals surface area contributed by atoms with Crippen molar-refractivity contribution in [1.29, 1.82) is 0 Å². The van der Waals surface area contributed by atoms with E-state index in [-0.39, 0.29) is 11.5 Å². The summed E-state index contributed by atoms with van der Waals surface area (Å²) in [7, 11) is -2.66. The maximum atomic E-state index is 11.0. The molecule has 0 N–H and O–H groups in total. The van der Waals surface area contributed by atoms with Gasteiger partial charge in [0.2, 0.25) is 0 Å². The Kier molecular flexibility index (Phi) is 4.07. The lowest BCUT2D eigenvalue weighted by molar-refractivity contribution is 0.114. The van der Waals surface area contributed by atoms with Gasteiger partial charge in [0.25, 0.3) is 0 Å². The highest BCUT2D eigenvalue weighted by Crippen LogP contribution is 2.25. The lowest BCUT2D eigenvalue weighted by Gasteiger charge is -2.25. The third kappa shape index (κ3) is 4.33. The van der Waals surface area contributed by atoms with Crippen molar-refractivity contribution in [3.63, 3.8) is 0 Å². The van der Waals surface area contributed by atoms with Crippen molar-refractivity contribution in [3.05, 3.63) is 0 Å². The van der Waals surface area contributed by atoms with Gasteiger partial charge in [0.05, 0.1) is 6.10 Å². The Balaban J connectivity index is 4.30. The van der Waals surface area contributed by atoms with Crippen LogP contribution in [0.2, 0.25) is 0 Å². The molecule has 0 radical (unpaired) electrons. The topological polar surface area (TPSA) is 43.4 Å². The fourth-order valence-electron chi connectivity index (χ4n) is 0.360. The van der Waals surface area contributed by atoms with Crippen molar-refractivity contribution < 1.29 is 12.6 Å². The smallest absolute Gasteiger partial charge is 0.258 e. The van der Waals surface area contributed by atoms with Crippen LogP contribution >= 0.6 is 10.8 Å². The fourth-order valence-corrected chi connectivity index (χ4v) is 1.67. The van der Waals surface area contributed by atoms with Gasteiger partial charge in [0, 0.05) is 0 Å². The molecule has 74 valence electrons. The molecule has 0 aromatic carbocycles. The summed E-state index contributed by atoms with van der Waals surface area (Å²) in [5, 5.41) is 0. The SMILES string of the molecule is CSS(=O)(=O)O[C@H](C)C(C)(C)C. The third-order valence-corrected chi connectivity index (χ3v) is 4.08. The molecule has 0 aliphatic rings. The van der Waals surface area contributed by atoms with Gasteiger partial charge in [-0.05, 0) is 29.4 Å². The van der Waals surface area contributed by atoms with Crippen molar-refractivity contribution in [2.45, 2.75) is 33.8 Å². The average molecular weight is 212 g/mol. The molecule has 0 heterocycles. The average Bonchev–Trinajstić information content (AvgIpc) is 1.85. The quantitative estimate of drug-likeness (QED) is 0.672. The second-order valence-corrected chi connectivity index (χ2v) is 7.25. The first-order valence-electron chi connectivity index (χ1n) is 3.68. The van der Waals surface area contributed by atoms with Crippen molar-refractivity contribution in [3.8, 4) is 0 Å². The molecule has 0 amide bonds. The first kappa shape index (κ1) is 12.3. The third-order valence-electron chi connectivity index (χ3n) is 1.69. The van der Waals surface area contributed by atoms with Gasteiger partial charge in [0.15, 0.2) is 0 Å². The Hall–Kier alpha value is 0.260. The summed E-state index contributed by atoms with van der Waals surface area (Å²) in [5.41, 5.74) is -0.150. The molecule has 5 heteroatoms. The Morgan fingerprint density at radius 1 is 1.33 bits per heavy atom. The summed E-state index contributed by atoms with van der Waals surface area (Å²) in [5.74, 6) is 0. The van der Waals surface area contributed by atoms with Crippen LogP contribution in [0.4, 0.5) is 0 Å². The second-order valence-electron chi connectivity index (χ2n) is 3.68. The van der Waals surface area contributed by atoms with Gasteiger partial charge in [-0.2, -0.15) is 8.42 Å². The molecule has 3 nitrogen and oxygen atoms in total. The van der Waals surface area contributed by atoms with E-state index in [2.05, 4.69) is 0 Å². The summed E-state index contributed by atoms with van der Waals surface area (Å²) >= 11 is 0. The lowest BCUT2D eigenvalue weighted by Crippen LogP contribution is -2.27. The van der Waals surface area contributed by atoms with Gasteiger partial charge >= 0.3 is 9.15 Å². The van der Waals surface area contributed by atoms with Crippen molar-refractivity contribution in [2.75, 3.05) is 6.26 Å². The minimum atomic E-state index is -3.39. The normalized spacial score (nSPS) is 16.1. The van der Waals surface area contributed by atoms with Gasteiger partial charge in [0.1, 0.15) is 0 Å². The van der Waals surface area contributed by atoms with Crippen LogP contribution in [0.3, 0.4) is 0 Å². The van der Waals surface area contributed by atoms with Gasteiger partial charge in [-0.3, -0.25) is 4.18 Å². The van der Waals surface area contributed by atoms with Crippen LogP contribution < -0.4 is 0 Å². The van der Waals surface area contributed by atoms with E-state index in [1.807, 2.05) is 20.8 Å². The molecule has 0 aliphatic heterocycles. The molecule has 0 spiro atoms. The summed E-state index contributed by atoms with van der Waals surface area (Å²) in [4.78, 5) is 0. The monoisotopic (exact) mass is 212 g/mol. The van der Waals surface area contributed by atoms with Crippen LogP contribution in [-0.2, 0) is 13.3 Å². The Morgan fingerprint density at radius 3 is 2.00 bits per heavy atom.